The first kappa shape index (κ1) is 18.2. The number of aryl methyl sites for hydroxylation is 1. The number of rotatable bonds is 7. The van der Waals surface area contributed by atoms with Crippen molar-refractivity contribution in [2.45, 2.75) is 12.1 Å². The number of hydrogen-bond acceptors (Lipinski definition) is 6. The van der Waals surface area contributed by atoms with Crippen LogP contribution in [0.5, 0.6) is 0 Å². The molecule has 136 valence electrons. The average molecular weight is 373 g/mol. The first-order valence-electron chi connectivity index (χ1n) is 8.03. The first-order chi connectivity index (χ1) is 12.6. The number of carbonyl (C=O) groups excluding carboxylic acids is 1. The van der Waals surface area contributed by atoms with Crippen LogP contribution in [0.15, 0.2) is 40.3 Å². The van der Waals surface area contributed by atoms with Crippen molar-refractivity contribution in [3.8, 4) is 11.4 Å². The predicted octanol–water partition coefficient (Wildman–Crippen LogP) is 1.25. The molecule has 3 rings (SSSR count). The number of amides is 1. The molecule has 0 spiro atoms. The van der Waals surface area contributed by atoms with Crippen LogP contribution in [0.1, 0.15) is 5.56 Å². The molecule has 1 amide bonds. The first-order valence-corrected chi connectivity index (χ1v) is 9.01. The normalized spacial score (nSPS) is 11.0. The van der Waals surface area contributed by atoms with Crippen LogP contribution in [0, 0.1) is 6.92 Å². The van der Waals surface area contributed by atoms with Gasteiger partial charge in [-0.05, 0) is 12.5 Å². The molecule has 0 fully saturated rings. The maximum absolute atomic E-state index is 11.9. The van der Waals surface area contributed by atoms with E-state index in [1.165, 1.54) is 22.3 Å². The molecule has 0 bridgehead atoms. The summed E-state index contributed by atoms with van der Waals surface area (Å²) >= 11 is 1.23. The lowest BCUT2D eigenvalue weighted by Crippen LogP contribution is -2.28. The molecule has 1 aromatic carbocycles. The number of ether oxygens (including phenoxy) is 1. The maximum Gasteiger partial charge on any atom is 0.266 e. The highest BCUT2D eigenvalue weighted by Crippen LogP contribution is 2.23. The summed E-state index contributed by atoms with van der Waals surface area (Å²) < 4.78 is 6.40. The minimum Gasteiger partial charge on any atom is -0.383 e. The fraction of sp³-hybridized carbons (Fsp3) is 0.294. The number of nitrogens with zero attached hydrogens (tertiary/aromatic N) is 3. The molecule has 0 unspecified atom stereocenters. The number of carbonyl (C=O) groups is 1. The molecule has 26 heavy (non-hydrogen) atoms. The van der Waals surface area contributed by atoms with Gasteiger partial charge in [0.05, 0.1) is 12.4 Å². The molecule has 0 aliphatic rings. The second kappa shape index (κ2) is 8.15. The van der Waals surface area contributed by atoms with Gasteiger partial charge >= 0.3 is 0 Å². The van der Waals surface area contributed by atoms with Crippen molar-refractivity contribution in [1.82, 2.24) is 24.9 Å². The lowest BCUT2D eigenvalue weighted by Gasteiger charge is -2.09. The Balaban J connectivity index is 1.90. The molecule has 2 N–H and O–H groups in total. The van der Waals surface area contributed by atoms with E-state index in [1.54, 1.807) is 7.11 Å². The van der Waals surface area contributed by atoms with E-state index < -0.39 is 0 Å². The number of thioether (sulfide) groups is 1. The standard InChI is InChI=1S/C17H19N5O3S/c1-11-5-3-4-6-12(11)16-19-13-9-14(23)21-22(13)17(20-16)26-10-15(24)18-7-8-25-2/h3-6,9H,7-8,10H2,1-2H3,(H,18,24)(H,21,23). The summed E-state index contributed by atoms with van der Waals surface area (Å²) in [5.41, 5.74) is 2.11. The van der Waals surface area contributed by atoms with E-state index in [4.69, 9.17) is 4.74 Å². The fourth-order valence-electron chi connectivity index (χ4n) is 2.40. The molecular weight excluding hydrogens is 354 g/mol. The summed E-state index contributed by atoms with van der Waals surface area (Å²) in [7, 11) is 1.58. The van der Waals surface area contributed by atoms with E-state index in [1.807, 2.05) is 31.2 Å². The molecule has 2 aromatic heterocycles. The van der Waals surface area contributed by atoms with E-state index in [0.717, 1.165) is 11.1 Å². The Morgan fingerprint density at radius 3 is 2.92 bits per heavy atom. The molecule has 3 aromatic rings. The largest absolute Gasteiger partial charge is 0.383 e. The van der Waals surface area contributed by atoms with E-state index in [2.05, 4.69) is 20.4 Å². The number of hydrogen-bond donors (Lipinski definition) is 2. The van der Waals surface area contributed by atoms with E-state index >= 15 is 0 Å². The molecule has 8 nitrogen and oxygen atoms in total. The van der Waals surface area contributed by atoms with Gasteiger partial charge in [-0.1, -0.05) is 36.0 Å². The van der Waals surface area contributed by atoms with Crippen LogP contribution in [0.3, 0.4) is 0 Å². The molecule has 0 radical (unpaired) electrons. The average Bonchev–Trinajstić information content (AvgIpc) is 3.00. The molecular formula is C17H19N5O3S. The number of nitrogens with one attached hydrogen (secondary N) is 2. The molecule has 9 heteroatoms. The monoisotopic (exact) mass is 373 g/mol. The summed E-state index contributed by atoms with van der Waals surface area (Å²) in [4.78, 5) is 32.7. The fourth-order valence-corrected chi connectivity index (χ4v) is 3.18. The smallest absolute Gasteiger partial charge is 0.266 e. The third-order valence-electron chi connectivity index (χ3n) is 3.67. The number of aromatic nitrogens is 4. The quantitative estimate of drug-likeness (QED) is 0.477. The third-order valence-corrected chi connectivity index (χ3v) is 4.61. The highest BCUT2D eigenvalue weighted by Gasteiger charge is 2.14. The van der Waals surface area contributed by atoms with Gasteiger partial charge in [0, 0.05) is 25.3 Å². The van der Waals surface area contributed by atoms with Crippen LogP contribution in [0.25, 0.3) is 17.0 Å². The van der Waals surface area contributed by atoms with Crippen LogP contribution in [-0.4, -0.2) is 51.5 Å². The Kier molecular flexibility index (Phi) is 5.69. The van der Waals surface area contributed by atoms with Crippen LogP contribution in [-0.2, 0) is 9.53 Å². The van der Waals surface area contributed by atoms with Crippen LogP contribution in [0.4, 0.5) is 0 Å². The van der Waals surface area contributed by atoms with Crippen molar-refractivity contribution < 1.29 is 9.53 Å². The van der Waals surface area contributed by atoms with Crippen molar-refractivity contribution in [2.24, 2.45) is 0 Å². The summed E-state index contributed by atoms with van der Waals surface area (Å²) in [6.45, 7) is 2.88. The molecule has 2 heterocycles. The van der Waals surface area contributed by atoms with Crippen molar-refractivity contribution in [2.75, 3.05) is 26.0 Å². The lowest BCUT2D eigenvalue weighted by atomic mass is 10.1. The molecule has 0 aliphatic heterocycles. The van der Waals surface area contributed by atoms with Gasteiger partial charge in [0.1, 0.15) is 0 Å². The topological polar surface area (TPSA) is 101 Å². The van der Waals surface area contributed by atoms with Gasteiger partial charge in [0.15, 0.2) is 16.6 Å². The number of methoxy groups -OCH3 is 1. The highest BCUT2D eigenvalue weighted by molar-refractivity contribution is 7.99. The number of aromatic amines is 1. The Morgan fingerprint density at radius 2 is 2.15 bits per heavy atom. The van der Waals surface area contributed by atoms with Gasteiger partial charge in [0.2, 0.25) is 5.91 Å². The number of H-pyrrole nitrogens is 1. The zero-order valence-electron chi connectivity index (χ0n) is 14.5. The second-order valence-electron chi connectivity index (χ2n) is 5.59. The van der Waals surface area contributed by atoms with Crippen molar-refractivity contribution >= 4 is 23.3 Å². The molecule has 0 saturated carbocycles. The minimum absolute atomic E-state index is 0.134. The van der Waals surface area contributed by atoms with Crippen molar-refractivity contribution in [3.05, 3.63) is 46.2 Å². The summed E-state index contributed by atoms with van der Waals surface area (Å²) in [5, 5.41) is 5.91. The maximum atomic E-state index is 11.9. The van der Waals surface area contributed by atoms with E-state index in [0.29, 0.717) is 29.8 Å². The SMILES string of the molecule is COCCNC(=O)CSc1nc(-c2ccccc2C)nc2cc(=O)[nH]n12. The Bertz CT molecular complexity index is 982. The second-order valence-corrected chi connectivity index (χ2v) is 6.53. The van der Waals surface area contributed by atoms with Gasteiger partial charge in [-0.3, -0.25) is 14.7 Å². The molecule has 0 atom stereocenters. The van der Waals surface area contributed by atoms with Crippen LogP contribution in [0.2, 0.25) is 0 Å². The number of benzene rings is 1. The summed E-state index contributed by atoms with van der Waals surface area (Å²) in [5.74, 6) is 0.554. The molecule has 0 saturated heterocycles. The van der Waals surface area contributed by atoms with Crippen molar-refractivity contribution in [3.63, 3.8) is 0 Å². The third kappa shape index (κ3) is 4.12. The minimum atomic E-state index is -0.271. The molecule has 0 aliphatic carbocycles. The van der Waals surface area contributed by atoms with Crippen LogP contribution < -0.4 is 10.9 Å². The van der Waals surface area contributed by atoms with Crippen molar-refractivity contribution in [1.29, 1.82) is 0 Å². The number of fused-ring (bicyclic) bond motifs is 1. The van der Waals surface area contributed by atoms with E-state index in [-0.39, 0.29) is 17.2 Å². The van der Waals surface area contributed by atoms with Gasteiger partial charge in [0.25, 0.3) is 5.56 Å². The van der Waals surface area contributed by atoms with Crippen LogP contribution >= 0.6 is 11.8 Å². The lowest BCUT2D eigenvalue weighted by molar-refractivity contribution is -0.118. The zero-order valence-corrected chi connectivity index (χ0v) is 15.3. The zero-order chi connectivity index (χ0) is 18.5. The van der Waals surface area contributed by atoms with Gasteiger partial charge < -0.3 is 10.1 Å². The van der Waals surface area contributed by atoms with E-state index in [9.17, 15) is 9.59 Å². The Morgan fingerprint density at radius 1 is 1.35 bits per heavy atom. The Hall–Kier alpha value is -2.65. The summed E-state index contributed by atoms with van der Waals surface area (Å²) in [6.07, 6.45) is 0. The summed E-state index contributed by atoms with van der Waals surface area (Å²) in [6, 6.07) is 9.17. The highest BCUT2D eigenvalue weighted by atomic mass is 32.2. The van der Waals surface area contributed by atoms with Gasteiger partial charge in [-0.2, -0.15) is 0 Å². The van der Waals surface area contributed by atoms with Gasteiger partial charge in [-0.25, -0.2) is 14.5 Å². The Labute approximate surface area is 154 Å². The predicted molar refractivity (Wildman–Crippen MR) is 99.4 cm³/mol. The van der Waals surface area contributed by atoms with Gasteiger partial charge in [-0.15, -0.1) is 0 Å².